The highest BCUT2D eigenvalue weighted by Crippen LogP contribution is 2.48. The van der Waals surface area contributed by atoms with Crippen molar-refractivity contribution in [3.05, 3.63) is 65.6 Å². The van der Waals surface area contributed by atoms with Gasteiger partial charge < -0.3 is 14.7 Å². The molecule has 3 heterocycles. The van der Waals surface area contributed by atoms with Gasteiger partial charge in [-0.25, -0.2) is 23.0 Å². The van der Waals surface area contributed by atoms with Crippen molar-refractivity contribution >= 4 is 22.4 Å². The van der Waals surface area contributed by atoms with Crippen molar-refractivity contribution in [3.8, 4) is 22.6 Å². The average molecular weight is 477 g/mol. The van der Waals surface area contributed by atoms with Crippen LogP contribution in [0.15, 0.2) is 41.1 Å². The number of aromatic amines is 1. The smallest absolute Gasteiger partial charge is 0.226 e. The Balaban J connectivity index is 1.57. The summed E-state index contributed by atoms with van der Waals surface area (Å²) in [5, 5.41) is 3.60. The molecule has 0 spiro atoms. The molecule has 4 aromatic rings. The lowest BCUT2D eigenvalue weighted by molar-refractivity contribution is 0.0926. The van der Waals surface area contributed by atoms with Gasteiger partial charge >= 0.3 is 0 Å². The zero-order chi connectivity index (χ0) is 24.3. The number of nitrogens with one attached hydrogen (secondary N) is 2. The predicted molar refractivity (Wildman–Crippen MR) is 127 cm³/mol. The van der Waals surface area contributed by atoms with Gasteiger partial charge in [0, 0.05) is 29.3 Å². The van der Waals surface area contributed by atoms with Gasteiger partial charge in [0.2, 0.25) is 5.69 Å². The summed E-state index contributed by atoms with van der Waals surface area (Å²) in [5.74, 6) is -0.592. The van der Waals surface area contributed by atoms with Crippen LogP contribution in [0.2, 0.25) is 0 Å². The Labute approximate surface area is 200 Å². The molecule has 0 radical (unpaired) electrons. The first-order valence-corrected chi connectivity index (χ1v) is 11.8. The maximum absolute atomic E-state index is 16.0. The number of benzene rings is 1. The lowest BCUT2D eigenvalue weighted by Gasteiger charge is -2.47. The molecule has 7 rings (SSSR count). The Bertz CT molecular complexity index is 1460. The molecular weight excluding hydrogens is 453 g/mol. The van der Waals surface area contributed by atoms with Crippen molar-refractivity contribution in [2.45, 2.75) is 38.6 Å². The van der Waals surface area contributed by atoms with E-state index in [1.807, 2.05) is 0 Å². The van der Waals surface area contributed by atoms with E-state index in [9.17, 15) is 8.78 Å². The van der Waals surface area contributed by atoms with E-state index >= 15 is 4.39 Å². The van der Waals surface area contributed by atoms with Crippen molar-refractivity contribution in [2.75, 3.05) is 5.32 Å². The standard InChI is InChI=1S/C27H23F3N4O/c1-13-14-5-7-15(8-6-14)23(13)33-27-22(30)21(20-4-3-9-35-20)26(31-2)25(34-27)18-12-32-24-17(18)10-16(28)11-19(24)29/h3-4,9-15,23,32H,5-8H2,1H3,(H,33,34)/t13-,14?,15?,23+/m1/s1. The number of H-pyrrole nitrogens is 1. The minimum atomic E-state index is -0.755. The van der Waals surface area contributed by atoms with Crippen LogP contribution in [0, 0.1) is 41.8 Å². The van der Waals surface area contributed by atoms with E-state index in [-0.39, 0.29) is 45.5 Å². The Morgan fingerprint density at radius 2 is 1.91 bits per heavy atom. The number of pyridine rings is 1. The van der Waals surface area contributed by atoms with Gasteiger partial charge in [0.05, 0.1) is 29.6 Å². The molecule has 3 aliphatic rings. The van der Waals surface area contributed by atoms with Crippen LogP contribution in [0.4, 0.5) is 24.7 Å². The third-order valence-corrected chi connectivity index (χ3v) is 7.89. The topological polar surface area (TPSA) is 58.2 Å². The highest BCUT2D eigenvalue weighted by atomic mass is 19.1. The second-order valence-electron chi connectivity index (χ2n) is 9.65. The molecule has 5 nitrogen and oxygen atoms in total. The van der Waals surface area contributed by atoms with Crippen molar-refractivity contribution in [1.82, 2.24) is 9.97 Å². The van der Waals surface area contributed by atoms with Crippen LogP contribution in [-0.4, -0.2) is 16.0 Å². The molecule has 2 bridgehead atoms. The normalized spacial score (nSPS) is 23.5. The average Bonchev–Trinajstić information content (AvgIpc) is 3.53. The zero-order valence-electron chi connectivity index (χ0n) is 19.0. The number of nitrogens with zero attached hydrogens (tertiary/aromatic N) is 2. The summed E-state index contributed by atoms with van der Waals surface area (Å²) in [5.41, 5.74) is 0.457. The molecule has 3 fully saturated rings. The third kappa shape index (κ3) is 3.41. The molecule has 8 heteroatoms. The van der Waals surface area contributed by atoms with E-state index in [4.69, 9.17) is 11.0 Å². The van der Waals surface area contributed by atoms with E-state index < -0.39 is 17.5 Å². The Hall–Kier alpha value is -3.73. The minimum absolute atomic E-state index is 0.0163. The fourth-order valence-electron chi connectivity index (χ4n) is 6.10. The summed E-state index contributed by atoms with van der Waals surface area (Å²) in [6.07, 6.45) is 7.44. The lowest BCUT2D eigenvalue weighted by Crippen LogP contribution is -2.47. The first kappa shape index (κ1) is 21.8. The van der Waals surface area contributed by atoms with E-state index in [0.29, 0.717) is 23.3 Å². The second-order valence-corrected chi connectivity index (χ2v) is 9.65. The summed E-state index contributed by atoms with van der Waals surface area (Å²) in [7, 11) is 0. The molecule has 0 aliphatic heterocycles. The fourth-order valence-corrected chi connectivity index (χ4v) is 6.10. The molecule has 0 unspecified atom stereocenters. The summed E-state index contributed by atoms with van der Waals surface area (Å²) in [6, 6.07) is 5.23. The lowest BCUT2D eigenvalue weighted by atomic mass is 9.62. The summed E-state index contributed by atoms with van der Waals surface area (Å²) in [4.78, 5) is 11.0. The molecule has 35 heavy (non-hydrogen) atoms. The van der Waals surface area contributed by atoms with Crippen LogP contribution in [0.3, 0.4) is 0 Å². The van der Waals surface area contributed by atoms with Crippen molar-refractivity contribution in [1.29, 1.82) is 0 Å². The number of furan rings is 1. The SMILES string of the molecule is [C-]#[N+]c1c(-c2c[nH]c3c(F)cc(F)cc23)nc(N[C@@H]2C3CCC(CC3)[C@H]2C)c(F)c1-c1ccco1. The fraction of sp³-hybridized carbons (Fsp3) is 0.333. The number of aromatic nitrogens is 2. The van der Waals surface area contributed by atoms with Crippen LogP contribution < -0.4 is 5.32 Å². The largest absolute Gasteiger partial charge is 0.466 e. The highest BCUT2D eigenvalue weighted by Gasteiger charge is 2.42. The van der Waals surface area contributed by atoms with Crippen molar-refractivity contribution in [2.24, 2.45) is 17.8 Å². The third-order valence-electron chi connectivity index (χ3n) is 7.89. The number of fused-ring (bicyclic) bond motifs is 4. The van der Waals surface area contributed by atoms with Gasteiger partial charge in [-0.3, -0.25) is 0 Å². The van der Waals surface area contributed by atoms with Crippen LogP contribution >= 0.6 is 0 Å². The van der Waals surface area contributed by atoms with Gasteiger partial charge in [0.25, 0.3) is 0 Å². The van der Waals surface area contributed by atoms with E-state index in [2.05, 4.69) is 27.1 Å². The first-order chi connectivity index (χ1) is 17.0. The predicted octanol–water partition coefficient (Wildman–Crippen LogP) is 7.69. The maximum atomic E-state index is 16.0. The van der Waals surface area contributed by atoms with Crippen molar-refractivity contribution < 1.29 is 17.6 Å². The number of hydrogen-bond donors (Lipinski definition) is 2. The highest BCUT2D eigenvalue weighted by molar-refractivity contribution is 6.01. The van der Waals surface area contributed by atoms with Gasteiger partial charge in [-0.2, -0.15) is 0 Å². The summed E-state index contributed by atoms with van der Waals surface area (Å²) >= 11 is 0. The minimum Gasteiger partial charge on any atom is -0.466 e. The summed E-state index contributed by atoms with van der Waals surface area (Å²) in [6.45, 7) is 10.0. The second kappa shape index (κ2) is 8.19. The maximum Gasteiger partial charge on any atom is 0.226 e. The molecule has 2 atom stereocenters. The number of anilines is 1. The van der Waals surface area contributed by atoms with E-state index in [1.165, 1.54) is 31.4 Å². The molecule has 178 valence electrons. The molecule has 3 saturated carbocycles. The molecule has 3 aromatic heterocycles. The molecule has 1 aromatic carbocycles. The van der Waals surface area contributed by atoms with Crippen LogP contribution in [0.5, 0.6) is 0 Å². The van der Waals surface area contributed by atoms with Crippen LogP contribution in [0.1, 0.15) is 32.6 Å². The van der Waals surface area contributed by atoms with Gasteiger partial charge in [-0.05, 0) is 61.6 Å². The van der Waals surface area contributed by atoms with Gasteiger partial charge in [0.15, 0.2) is 11.6 Å². The number of halogens is 3. The number of hydrogen-bond acceptors (Lipinski definition) is 3. The zero-order valence-corrected chi connectivity index (χ0v) is 19.0. The van der Waals surface area contributed by atoms with E-state index in [1.54, 1.807) is 12.1 Å². The molecule has 0 saturated heterocycles. The van der Waals surface area contributed by atoms with Gasteiger partial charge in [-0.1, -0.05) is 6.92 Å². The Kier molecular flexibility index (Phi) is 5.10. The summed E-state index contributed by atoms with van der Waals surface area (Å²) < 4.78 is 50.0. The Morgan fingerprint density at radius 3 is 2.60 bits per heavy atom. The molecule has 3 aliphatic carbocycles. The molecule has 2 N–H and O–H groups in total. The van der Waals surface area contributed by atoms with Gasteiger partial charge in [-0.15, -0.1) is 0 Å². The van der Waals surface area contributed by atoms with Crippen LogP contribution in [0.25, 0.3) is 38.3 Å². The quantitative estimate of drug-likeness (QED) is 0.297. The monoisotopic (exact) mass is 476 g/mol. The van der Waals surface area contributed by atoms with Gasteiger partial charge in [0.1, 0.15) is 17.4 Å². The first-order valence-electron chi connectivity index (χ1n) is 11.8. The van der Waals surface area contributed by atoms with E-state index in [0.717, 1.165) is 18.9 Å². The molecule has 0 amide bonds. The van der Waals surface area contributed by atoms with Crippen LogP contribution in [-0.2, 0) is 0 Å². The van der Waals surface area contributed by atoms with Crippen molar-refractivity contribution in [3.63, 3.8) is 0 Å². The molecular formula is C27H23F3N4O. The number of rotatable bonds is 4. The Morgan fingerprint density at radius 1 is 1.14 bits per heavy atom.